The summed E-state index contributed by atoms with van der Waals surface area (Å²) in [5.74, 6) is 3.37. The number of fused-ring (bicyclic) bond motifs is 1. The molecule has 0 atom stereocenters. The Bertz CT molecular complexity index is 1070. The second kappa shape index (κ2) is 15.2. The fourth-order valence-corrected chi connectivity index (χ4v) is 6.33. The number of carbonyl (C=O) groups is 1. The van der Waals surface area contributed by atoms with Gasteiger partial charge in [0.2, 0.25) is 0 Å². The number of ether oxygens (including phenoxy) is 1. The number of carbonyl (C=O) groups excluding carboxylic acids is 1. The maximum Gasteiger partial charge on any atom is 0.311 e. The summed E-state index contributed by atoms with van der Waals surface area (Å²) in [5.41, 5.74) is 3.89. The highest BCUT2D eigenvalue weighted by Crippen LogP contribution is 2.29. The van der Waals surface area contributed by atoms with Gasteiger partial charge in [0.25, 0.3) is 0 Å². The van der Waals surface area contributed by atoms with Gasteiger partial charge in [-0.2, -0.15) is 11.8 Å². The number of H-pyrrole nitrogens is 1. The Morgan fingerprint density at radius 3 is 2.54 bits per heavy atom. The monoisotopic (exact) mass is 520 g/mol. The summed E-state index contributed by atoms with van der Waals surface area (Å²) in [7, 11) is 0. The highest BCUT2D eigenvalue weighted by atomic mass is 32.2. The first-order valence-electron chi connectivity index (χ1n) is 14.4. The van der Waals surface area contributed by atoms with Gasteiger partial charge in [0.05, 0.1) is 0 Å². The Kier molecular flexibility index (Phi) is 11.4. The van der Waals surface area contributed by atoms with Crippen LogP contribution in [0.15, 0.2) is 54.7 Å². The van der Waals surface area contributed by atoms with Crippen LogP contribution < -0.4 is 4.74 Å². The van der Waals surface area contributed by atoms with Crippen molar-refractivity contribution in [2.24, 2.45) is 0 Å². The number of hydrogen-bond donors (Lipinski definition) is 1. The fraction of sp³-hybridized carbons (Fsp3) is 0.531. The number of thioether (sulfide) groups is 1. The molecule has 0 spiro atoms. The predicted molar refractivity (Wildman–Crippen MR) is 158 cm³/mol. The molecule has 200 valence electrons. The van der Waals surface area contributed by atoms with Gasteiger partial charge in [-0.25, -0.2) is 0 Å². The van der Waals surface area contributed by atoms with E-state index in [1.165, 1.54) is 69.2 Å². The Balaban J connectivity index is 1.15. The number of esters is 1. The van der Waals surface area contributed by atoms with Crippen LogP contribution in [-0.2, 0) is 10.5 Å². The second-order valence-corrected chi connectivity index (χ2v) is 11.6. The Labute approximate surface area is 227 Å². The van der Waals surface area contributed by atoms with Gasteiger partial charge >= 0.3 is 5.97 Å². The van der Waals surface area contributed by atoms with E-state index in [4.69, 9.17) is 4.74 Å². The van der Waals surface area contributed by atoms with Crippen LogP contribution in [0, 0.1) is 0 Å². The van der Waals surface area contributed by atoms with Gasteiger partial charge < -0.3 is 14.6 Å². The molecule has 0 amide bonds. The smallest absolute Gasteiger partial charge is 0.311 e. The molecule has 4 nitrogen and oxygen atoms in total. The molecule has 4 rings (SSSR count). The van der Waals surface area contributed by atoms with Gasteiger partial charge in [0, 0.05) is 41.6 Å². The zero-order chi connectivity index (χ0) is 25.7. The summed E-state index contributed by atoms with van der Waals surface area (Å²) in [6.07, 6.45) is 13.6. The molecular formula is C32H44N2O2S. The fourth-order valence-electron chi connectivity index (χ4n) is 5.34. The molecule has 2 aromatic carbocycles. The molecule has 1 saturated heterocycles. The van der Waals surface area contributed by atoms with E-state index in [1.54, 1.807) is 0 Å². The number of aromatic nitrogens is 1. The molecule has 1 aliphatic heterocycles. The second-order valence-electron chi connectivity index (χ2n) is 10.4. The van der Waals surface area contributed by atoms with Crippen molar-refractivity contribution in [1.29, 1.82) is 0 Å². The molecule has 3 aromatic rings. The average molecular weight is 521 g/mol. The van der Waals surface area contributed by atoms with Crippen LogP contribution in [0.4, 0.5) is 0 Å². The number of rotatable bonds is 15. The quantitative estimate of drug-likeness (QED) is 0.124. The molecule has 1 N–H and O–H groups in total. The van der Waals surface area contributed by atoms with Crippen LogP contribution in [0.5, 0.6) is 5.75 Å². The van der Waals surface area contributed by atoms with Gasteiger partial charge in [-0.15, -0.1) is 0 Å². The lowest BCUT2D eigenvalue weighted by Crippen LogP contribution is -2.34. The summed E-state index contributed by atoms with van der Waals surface area (Å²) in [6, 6.07) is 16.9. The topological polar surface area (TPSA) is 45.3 Å². The highest BCUT2D eigenvalue weighted by molar-refractivity contribution is 7.98. The summed E-state index contributed by atoms with van der Waals surface area (Å²) in [5, 5.41) is 1.16. The molecule has 0 radical (unpaired) electrons. The van der Waals surface area contributed by atoms with E-state index < -0.39 is 0 Å². The average Bonchev–Trinajstić information content (AvgIpc) is 3.33. The molecule has 1 aromatic heterocycles. The predicted octanol–water partition coefficient (Wildman–Crippen LogP) is 8.33. The summed E-state index contributed by atoms with van der Waals surface area (Å²) >= 11 is 1.99. The van der Waals surface area contributed by atoms with Crippen molar-refractivity contribution < 1.29 is 9.53 Å². The van der Waals surface area contributed by atoms with Crippen molar-refractivity contribution in [3.63, 3.8) is 0 Å². The molecule has 0 aliphatic carbocycles. The van der Waals surface area contributed by atoms with E-state index >= 15 is 0 Å². The Morgan fingerprint density at radius 1 is 1.00 bits per heavy atom. The number of aromatic amines is 1. The van der Waals surface area contributed by atoms with Gasteiger partial charge in [-0.1, -0.05) is 75.8 Å². The maximum absolute atomic E-state index is 12.3. The summed E-state index contributed by atoms with van der Waals surface area (Å²) < 4.78 is 5.67. The molecule has 2 heterocycles. The molecular weight excluding hydrogens is 476 g/mol. The first kappa shape index (κ1) is 27.8. The SMILES string of the molecule is CCCCCCCCCC(=O)Oc1ccc2[nH]cc(CSCCN3CCC(c4ccccc4)CC3)c2c1. The van der Waals surface area contributed by atoms with Crippen LogP contribution in [0.2, 0.25) is 0 Å². The minimum absolute atomic E-state index is 0.115. The first-order valence-corrected chi connectivity index (χ1v) is 15.5. The van der Waals surface area contributed by atoms with Crippen molar-refractivity contribution in [1.82, 2.24) is 9.88 Å². The lowest BCUT2D eigenvalue weighted by molar-refractivity contribution is -0.134. The molecule has 0 unspecified atom stereocenters. The van der Waals surface area contributed by atoms with Crippen molar-refractivity contribution in [3.8, 4) is 5.75 Å². The summed E-state index contributed by atoms with van der Waals surface area (Å²) in [4.78, 5) is 18.3. The molecule has 0 bridgehead atoms. The van der Waals surface area contributed by atoms with Crippen LogP contribution >= 0.6 is 11.8 Å². The van der Waals surface area contributed by atoms with Gasteiger partial charge in [-0.05, 0) is 67.6 Å². The number of nitrogens with zero attached hydrogens (tertiary/aromatic N) is 1. The largest absolute Gasteiger partial charge is 0.427 e. The number of nitrogens with one attached hydrogen (secondary N) is 1. The van der Waals surface area contributed by atoms with Crippen LogP contribution in [0.3, 0.4) is 0 Å². The number of hydrogen-bond acceptors (Lipinski definition) is 4. The highest BCUT2D eigenvalue weighted by Gasteiger charge is 2.20. The minimum Gasteiger partial charge on any atom is -0.427 e. The van der Waals surface area contributed by atoms with Crippen molar-refractivity contribution in [2.75, 3.05) is 25.4 Å². The molecule has 5 heteroatoms. The van der Waals surface area contributed by atoms with E-state index in [9.17, 15) is 4.79 Å². The van der Waals surface area contributed by atoms with Gasteiger partial charge in [0.1, 0.15) is 5.75 Å². The number of piperidine rings is 1. The van der Waals surface area contributed by atoms with E-state index in [0.29, 0.717) is 12.2 Å². The standard InChI is InChI=1S/C32H44N2O2S/c1-2-3-4-5-6-7-11-14-32(35)36-29-15-16-31-30(23-29)28(24-33-31)25-37-22-21-34-19-17-27(18-20-34)26-12-9-8-10-13-26/h8-10,12-13,15-16,23-24,27,33H,2-7,11,14,17-22,25H2,1H3. The maximum atomic E-state index is 12.3. The molecule has 1 fully saturated rings. The lowest BCUT2D eigenvalue weighted by Gasteiger charge is -2.32. The Morgan fingerprint density at radius 2 is 1.76 bits per heavy atom. The van der Waals surface area contributed by atoms with Crippen LogP contribution in [0.25, 0.3) is 10.9 Å². The van der Waals surface area contributed by atoms with Crippen molar-refractivity contribution >= 4 is 28.6 Å². The number of benzene rings is 2. The molecule has 0 saturated carbocycles. The van der Waals surface area contributed by atoms with E-state index in [2.05, 4.69) is 53.3 Å². The van der Waals surface area contributed by atoms with Crippen molar-refractivity contribution in [2.45, 2.75) is 82.8 Å². The third-order valence-corrected chi connectivity index (χ3v) is 8.61. The van der Waals surface area contributed by atoms with E-state index in [1.807, 2.05) is 30.0 Å². The van der Waals surface area contributed by atoms with E-state index in [0.717, 1.165) is 47.7 Å². The molecule has 37 heavy (non-hydrogen) atoms. The third-order valence-electron chi connectivity index (χ3n) is 7.62. The number of unbranched alkanes of at least 4 members (excludes halogenated alkanes) is 6. The van der Waals surface area contributed by atoms with Crippen LogP contribution in [-0.4, -0.2) is 41.2 Å². The normalized spacial score (nSPS) is 14.8. The zero-order valence-electron chi connectivity index (χ0n) is 22.6. The number of likely N-dealkylation sites (tertiary alicyclic amines) is 1. The summed E-state index contributed by atoms with van der Waals surface area (Å²) in [6.45, 7) is 5.78. The van der Waals surface area contributed by atoms with Gasteiger partial charge in [-0.3, -0.25) is 4.79 Å². The van der Waals surface area contributed by atoms with E-state index in [-0.39, 0.29) is 5.97 Å². The zero-order valence-corrected chi connectivity index (χ0v) is 23.4. The van der Waals surface area contributed by atoms with Crippen molar-refractivity contribution in [3.05, 3.63) is 65.9 Å². The lowest BCUT2D eigenvalue weighted by atomic mass is 9.89. The minimum atomic E-state index is -0.115. The first-order chi connectivity index (χ1) is 18.2. The molecule has 1 aliphatic rings. The van der Waals surface area contributed by atoms with Crippen LogP contribution in [0.1, 0.15) is 88.2 Å². The third kappa shape index (κ3) is 8.93. The Hall–Kier alpha value is -2.24. The van der Waals surface area contributed by atoms with Gasteiger partial charge in [0.15, 0.2) is 0 Å².